The Hall–Kier alpha value is -1.46. The fourth-order valence-electron chi connectivity index (χ4n) is 2.15. The third-order valence-corrected chi connectivity index (χ3v) is 3.79. The maximum Gasteiger partial charge on any atom is 0.321 e. The van der Waals surface area contributed by atoms with Gasteiger partial charge >= 0.3 is 12.0 Å². The van der Waals surface area contributed by atoms with Gasteiger partial charge in [-0.25, -0.2) is 4.79 Å². The summed E-state index contributed by atoms with van der Waals surface area (Å²) >= 11 is 11.8. The van der Waals surface area contributed by atoms with E-state index in [2.05, 4.69) is 5.32 Å². The lowest BCUT2D eigenvalue weighted by Gasteiger charge is -2.30. The van der Waals surface area contributed by atoms with E-state index in [-0.39, 0.29) is 12.6 Å². The fraction of sp³-hybridized carbons (Fsp3) is 0.385. The highest BCUT2D eigenvalue weighted by Crippen LogP contribution is 2.26. The lowest BCUT2D eigenvalue weighted by molar-refractivity contribution is -0.143. The highest BCUT2D eigenvalue weighted by Gasteiger charge is 2.28. The van der Waals surface area contributed by atoms with Crippen molar-refractivity contribution >= 4 is 40.9 Å². The minimum absolute atomic E-state index is 0.208. The number of carbonyl (C=O) groups excluding carboxylic acids is 1. The van der Waals surface area contributed by atoms with Crippen LogP contribution >= 0.6 is 23.2 Å². The summed E-state index contributed by atoms with van der Waals surface area (Å²) in [7, 11) is 0. The Morgan fingerprint density at radius 1 is 1.35 bits per heavy atom. The van der Waals surface area contributed by atoms with Crippen molar-refractivity contribution in [1.82, 2.24) is 4.90 Å². The summed E-state index contributed by atoms with van der Waals surface area (Å²) in [4.78, 5) is 24.6. The van der Waals surface area contributed by atoms with E-state index in [0.29, 0.717) is 35.1 Å². The molecule has 2 amide bonds. The van der Waals surface area contributed by atoms with Crippen LogP contribution < -0.4 is 5.32 Å². The van der Waals surface area contributed by atoms with Gasteiger partial charge in [-0.1, -0.05) is 23.2 Å². The Bertz CT molecular complexity index is 536. The Morgan fingerprint density at radius 3 is 2.80 bits per heavy atom. The molecular formula is C13H14Cl2N2O3. The number of nitrogens with one attached hydrogen (secondary N) is 1. The molecular weight excluding hydrogens is 303 g/mol. The molecule has 1 aromatic carbocycles. The van der Waals surface area contributed by atoms with Crippen molar-refractivity contribution in [3.05, 3.63) is 28.2 Å². The molecule has 1 heterocycles. The van der Waals surface area contributed by atoms with Crippen LogP contribution in [0.15, 0.2) is 18.2 Å². The van der Waals surface area contributed by atoms with Gasteiger partial charge in [0.15, 0.2) is 0 Å². The van der Waals surface area contributed by atoms with Gasteiger partial charge < -0.3 is 15.3 Å². The van der Waals surface area contributed by atoms with Gasteiger partial charge in [0, 0.05) is 18.1 Å². The van der Waals surface area contributed by atoms with Crippen LogP contribution in [0.2, 0.25) is 10.0 Å². The number of urea groups is 1. The lowest BCUT2D eigenvalue weighted by Crippen LogP contribution is -2.44. The number of carboxylic acid groups (broad SMARTS) is 1. The summed E-state index contributed by atoms with van der Waals surface area (Å²) in [5, 5.41) is 12.5. The van der Waals surface area contributed by atoms with Crippen LogP contribution in [0.25, 0.3) is 0 Å². The van der Waals surface area contributed by atoms with Crippen molar-refractivity contribution in [2.75, 3.05) is 18.4 Å². The van der Waals surface area contributed by atoms with Crippen LogP contribution in [0, 0.1) is 5.92 Å². The van der Waals surface area contributed by atoms with Crippen molar-refractivity contribution in [2.45, 2.75) is 12.8 Å². The second kappa shape index (κ2) is 6.33. The van der Waals surface area contributed by atoms with Crippen LogP contribution in [0.1, 0.15) is 12.8 Å². The van der Waals surface area contributed by atoms with Gasteiger partial charge in [0.1, 0.15) is 0 Å². The van der Waals surface area contributed by atoms with Crippen LogP contribution in [0.5, 0.6) is 0 Å². The van der Waals surface area contributed by atoms with E-state index in [9.17, 15) is 9.59 Å². The second-order valence-electron chi connectivity index (χ2n) is 4.68. The molecule has 0 aromatic heterocycles. The molecule has 2 N–H and O–H groups in total. The fourth-order valence-corrected chi connectivity index (χ4v) is 2.49. The minimum Gasteiger partial charge on any atom is -0.481 e. The molecule has 108 valence electrons. The zero-order valence-electron chi connectivity index (χ0n) is 10.6. The number of hydrogen-bond donors (Lipinski definition) is 2. The molecule has 1 aromatic rings. The van der Waals surface area contributed by atoms with Crippen LogP contribution in [-0.2, 0) is 4.79 Å². The standard InChI is InChI=1S/C13H14Cl2N2O3/c14-9-3-4-10(15)11(6-9)16-13(20)17-5-1-2-8(7-17)12(18)19/h3-4,6,8H,1-2,5,7H2,(H,16,20)(H,18,19). The average Bonchev–Trinajstić information content (AvgIpc) is 2.43. The first kappa shape index (κ1) is 14.9. The molecule has 0 radical (unpaired) electrons. The van der Waals surface area contributed by atoms with Gasteiger partial charge in [0.25, 0.3) is 0 Å². The molecule has 2 rings (SSSR count). The number of carbonyl (C=O) groups is 2. The number of amides is 2. The average molecular weight is 317 g/mol. The van der Waals surface area contributed by atoms with E-state index in [1.165, 1.54) is 4.90 Å². The van der Waals surface area contributed by atoms with Gasteiger partial charge in [0.2, 0.25) is 0 Å². The molecule has 1 aliphatic rings. The summed E-state index contributed by atoms with van der Waals surface area (Å²) in [6.45, 7) is 0.743. The molecule has 0 aliphatic carbocycles. The van der Waals surface area contributed by atoms with Crippen molar-refractivity contribution in [3.63, 3.8) is 0 Å². The summed E-state index contributed by atoms with van der Waals surface area (Å²) in [5.41, 5.74) is 0.418. The maximum atomic E-state index is 12.1. The topological polar surface area (TPSA) is 69.6 Å². The number of benzene rings is 1. The first-order valence-electron chi connectivity index (χ1n) is 6.21. The van der Waals surface area contributed by atoms with Gasteiger partial charge in [-0.15, -0.1) is 0 Å². The Kier molecular flexibility index (Phi) is 4.73. The number of rotatable bonds is 2. The third kappa shape index (κ3) is 3.55. The SMILES string of the molecule is O=C(O)C1CCCN(C(=O)Nc2cc(Cl)ccc2Cl)C1. The van der Waals surface area contributed by atoms with Crippen LogP contribution in [0.3, 0.4) is 0 Å². The monoisotopic (exact) mass is 316 g/mol. The second-order valence-corrected chi connectivity index (χ2v) is 5.52. The molecule has 7 heteroatoms. The number of carboxylic acids is 1. The minimum atomic E-state index is -0.872. The number of likely N-dealkylation sites (tertiary alicyclic amines) is 1. The lowest BCUT2D eigenvalue weighted by atomic mass is 9.99. The summed E-state index contributed by atoms with van der Waals surface area (Å²) in [6, 6.07) is 4.41. The first-order valence-corrected chi connectivity index (χ1v) is 6.97. The Morgan fingerprint density at radius 2 is 2.10 bits per heavy atom. The predicted molar refractivity (Wildman–Crippen MR) is 77.4 cm³/mol. The highest BCUT2D eigenvalue weighted by atomic mass is 35.5. The molecule has 0 saturated carbocycles. The van der Waals surface area contributed by atoms with E-state index in [4.69, 9.17) is 28.3 Å². The number of anilines is 1. The highest BCUT2D eigenvalue weighted by molar-refractivity contribution is 6.35. The first-order chi connectivity index (χ1) is 9.47. The van der Waals surface area contributed by atoms with E-state index in [1.807, 2.05) is 0 Å². The van der Waals surface area contributed by atoms with E-state index in [1.54, 1.807) is 18.2 Å². The quantitative estimate of drug-likeness (QED) is 0.879. The summed E-state index contributed by atoms with van der Waals surface area (Å²) < 4.78 is 0. The number of piperidine rings is 1. The van der Waals surface area contributed by atoms with Crippen LogP contribution in [0.4, 0.5) is 10.5 Å². The number of halogens is 2. The zero-order valence-corrected chi connectivity index (χ0v) is 12.1. The molecule has 1 fully saturated rings. The normalized spacial score (nSPS) is 18.7. The van der Waals surface area contributed by atoms with Crippen LogP contribution in [-0.4, -0.2) is 35.1 Å². The molecule has 20 heavy (non-hydrogen) atoms. The van der Waals surface area contributed by atoms with Gasteiger partial charge in [-0.3, -0.25) is 4.79 Å². The Balaban J connectivity index is 2.04. The smallest absolute Gasteiger partial charge is 0.321 e. The molecule has 1 unspecified atom stereocenters. The molecule has 1 atom stereocenters. The molecule has 1 saturated heterocycles. The maximum absolute atomic E-state index is 12.1. The molecule has 1 aliphatic heterocycles. The van der Waals surface area contributed by atoms with Gasteiger partial charge in [-0.05, 0) is 31.0 Å². The van der Waals surface area contributed by atoms with Crippen molar-refractivity contribution in [3.8, 4) is 0 Å². The molecule has 0 spiro atoms. The molecule has 0 bridgehead atoms. The predicted octanol–water partition coefficient (Wildman–Crippen LogP) is 3.32. The number of aliphatic carboxylic acids is 1. The number of nitrogens with zero attached hydrogens (tertiary/aromatic N) is 1. The van der Waals surface area contributed by atoms with Gasteiger partial charge in [0.05, 0.1) is 16.6 Å². The zero-order chi connectivity index (χ0) is 14.7. The number of hydrogen-bond acceptors (Lipinski definition) is 2. The summed E-state index contributed by atoms with van der Waals surface area (Å²) in [5.74, 6) is -1.38. The Labute approximate surface area is 126 Å². The largest absolute Gasteiger partial charge is 0.481 e. The molecule has 5 nitrogen and oxygen atoms in total. The van der Waals surface area contributed by atoms with Crippen molar-refractivity contribution < 1.29 is 14.7 Å². The van der Waals surface area contributed by atoms with Gasteiger partial charge in [-0.2, -0.15) is 0 Å². The van der Waals surface area contributed by atoms with E-state index >= 15 is 0 Å². The van der Waals surface area contributed by atoms with Crippen molar-refractivity contribution in [1.29, 1.82) is 0 Å². The third-order valence-electron chi connectivity index (χ3n) is 3.23. The van der Waals surface area contributed by atoms with Crippen molar-refractivity contribution in [2.24, 2.45) is 5.92 Å². The van der Waals surface area contributed by atoms with E-state index < -0.39 is 11.9 Å². The summed E-state index contributed by atoms with van der Waals surface area (Å²) in [6.07, 6.45) is 1.27. The van der Waals surface area contributed by atoms with E-state index in [0.717, 1.165) is 0 Å².